The van der Waals surface area contributed by atoms with Crippen LogP contribution in [-0.2, 0) is 4.74 Å². The van der Waals surface area contributed by atoms with Crippen LogP contribution in [0.2, 0.25) is 0 Å². The topological polar surface area (TPSA) is 55.6 Å². The fourth-order valence-corrected chi connectivity index (χ4v) is 2.19. The van der Waals surface area contributed by atoms with E-state index in [2.05, 4.69) is 0 Å². The van der Waals surface area contributed by atoms with Crippen LogP contribution in [0, 0.1) is 4.51 Å². The molecule has 0 spiro atoms. The van der Waals surface area contributed by atoms with Crippen LogP contribution in [0.4, 0.5) is 5.69 Å². The third kappa shape index (κ3) is 3.12. The quantitative estimate of drug-likeness (QED) is 0.586. The summed E-state index contributed by atoms with van der Waals surface area (Å²) in [5.74, 6) is 0.219. The molecule has 0 saturated heterocycles. The van der Waals surface area contributed by atoms with Crippen LogP contribution < -0.4 is 16.1 Å². The Morgan fingerprint density at radius 2 is 2.06 bits per heavy atom. The standard InChI is InChI=1S/C12H20N2O2S/c1-8(2)9-10(12(17)11(9)15)14(3)5-7-16-6-4-13/h8H,4-7,13H2,1-3H3. The molecule has 0 heterocycles. The molecule has 0 amide bonds. The van der Waals surface area contributed by atoms with Gasteiger partial charge in [0.2, 0.25) is 5.43 Å². The minimum absolute atomic E-state index is 0.0275. The molecule has 1 aromatic carbocycles. The van der Waals surface area contributed by atoms with Gasteiger partial charge in [0.25, 0.3) is 0 Å². The van der Waals surface area contributed by atoms with Gasteiger partial charge in [0.1, 0.15) is 4.51 Å². The van der Waals surface area contributed by atoms with Gasteiger partial charge in [-0.1, -0.05) is 26.1 Å². The number of anilines is 1. The minimum Gasteiger partial charge on any atom is -0.378 e. The average molecular weight is 256 g/mol. The normalized spacial score (nSPS) is 11.4. The highest BCUT2D eigenvalue weighted by Gasteiger charge is 2.22. The Balaban J connectivity index is 2.64. The number of likely N-dealkylation sites (N-methyl/N-ethyl adjacent to an activating group) is 1. The largest absolute Gasteiger partial charge is 0.378 e. The van der Waals surface area contributed by atoms with Gasteiger partial charge in [-0.05, 0) is 5.92 Å². The molecule has 0 radical (unpaired) electrons. The summed E-state index contributed by atoms with van der Waals surface area (Å²) in [5.41, 5.74) is 7.12. The first-order valence-electron chi connectivity index (χ1n) is 5.82. The van der Waals surface area contributed by atoms with Crippen LogP contribution in [0.15, 0.2) is 4.79 Å². The first-order chi connectivity index (χ1) is 8.00. The van der Waals surface area contributed by atoms with Crippen molar-refractivity contribution >= 4 is 17.9 Å². The molecule has 4 nitrogen and oxygen atoms in total. The molecule has 2 N–H and O–H groups in total. The van der Waals surface area contributed by atoms with E-state index in [4.69, 9.17) is 22.7 Å². The van der Waals surface area contributed by atoms with Gasteiger partial charge in [-0.25, -0.2) is 0 Å². The van der Waals surface area contributed by atoms with Crippen LogP contribution in [0.5, 0.6) is 0 Å². The number of hydrogen-bond donors (Lipinski definition) is 1. The van der Waals surface area contributed by atoms with Gasteiger partial charge < -0.3 is 15.4 Å². The second-order valence-corrected chi connectivity index (χ2v) is 4.81. The summed E-state index contributed by atoms with van der Waals surface area (Å²) in [7, 11) is 1.93. The molecule has 0 aromatic heterocycles. The number of ether oxygens (including phenoxy) is 1. The number of hydrogen-bond acceptors (Lipinski definition) is 5. The van der Waals surface area contributed by atoms with Crippen molar-refractivity contribution in [1.29, 1.82) is 0 Å². The van der Waals surface area contributed by atoms with Crippen LogP contribution in [-0.4, -0.2) is 33.4 Å². The first-order valence-corrected chi connectivity index (χ1v) is 6.23. The van der Waals surface area contributed by atoms with E-state index in [1.165, 1.54) is 0 Å². The Kier molecular flexibility index (Phi) is 5.24. The molecule has 0 bridgehead atoms. The Labute approximate surface area is 107 Å². The van der Waals surface area contributed by atoms with Gasteiger partial charge in [0.15, 0.2) is 0 Å². The van der Waals surface area contributed by atoms with E-state index in [0.717, 1.165) is 17.8 Å². The average Bonchev–Trinajstić information content (AvgIpc) is 2.29. The van der Waals surface area contributed by atoms with Gasteiger partial charge in [-0.3, -0.25) is 4.79 Å². The second kappa shape index (κ2) is 6.23. The van der Waals surface area contributed by atoms with Crippen molar-refractivity contribution in [3.05, 3.63) is 20.3 Å². The highest BCUT2D eigenvalue weighted by Crippen LogP contribution is 2.27. The lowest BCUT2D eigenvalue weighted by Crippen LogP contribution is -2.32. The molecule has 0 atom stereocenters. The van der Waals surface area contributed by atoms with Crippen molar-refractivity contribution in [1.82, 2.24) is 0 Å². The monoisotopic (exact) mass is 256 g/mol. The van der Waals surface area contributed by atoms with E-state index in [9.17, 15) is 4.79 Å². The minimum atomic E-state index is 0.0275. The predicted octanol–water partition coefficient (Wildman–Crippen LogP) is 1.19. The summed E-state index contributed by atoms with van der Waals surface area (Å²) in [4.78, 5) is 13.6. The van der Waals surface area contributed by atoms with E-state index in [-0.39, 0.29) is 11.3 Å². The summed E-state index contributed by atoms with van der Waals surface area (Å²) in [6, 6.07) is 0. The molecule has 0 aliphatic heterocycles. The maximum Gasteiger partial charge on any atom is 0.204 e. The van der Waals surface area contributed by atoms with E-state index in [0.29, 0.717) is 24.3 Å². The zero-order chi connectivity index (χ0) is 13.0. The van der Waals surface area contributed by atoms with Crippen molar-refractivity contribution in [3.8, 4) is 0 Å². The Morgan fingerprint density at radius 1 is 1.41 bits per heavy atom. The molecule has 0 fully saturated rings. The Hall–Kier alpha value is -0.780. The predicted molar refractivity (Wildman–Crippen MR) is 73.2 cm³/mol. The summed E-state index contributed by atoms with van der Waals surface area (Å²) >= 11 is 5.09. The highest BCUT2D eigenvalue weighted by atomic mass is 32.1. The lowest BCUT2D eigenvalue weighted by molar-refractivity contribution is 0.148. The maximum absolute atomic E-state index is 11.6. The molecular formula is C12H20N2O2S. The molecule has 0 aliphatic carbocycles. The van der Waals surface area contributed by atoms with Crippen molar-refractivity contribution in [2.24, 2.45) is 5.73 Å². The first kappa shape index (κ1) is 14.3. The van der Waals surface area contributed by atoms with Gasteiger partial charge in [-0.15, -0.1) is 0 Å². The summed E-state index contributed by atoms with van der Waals surface area (Å²) < 4.78 is 5.77. The Morgan fingerprint density at radius 3 is 2.59 bits per heavy atom. The fourth-order valence-electron chi connectivity index (χ4n) is 1.81. The van der Waals surface area contributed by atoms with E-state index in [1.54, 1.807) is 0 Å². The molecule has 1 rings (SSSR count). The zero-order valence-electron chi connectivity index (χ0n) is 10.7. The molecule has 0 aliphatic rings. The number of nitrogens with zero attached hydrogens (tertiary/aromatic N) is 1. The van der Waals surface area contributed by atoms with Gasteiger partial charge in [0, 0.05) is 25.7 Å². The van der Waals surface area contributed by atoms with Crippen molar-refractivity contribution in [2.45, 2.75) is 19.8 Å². The van der Waals surface area contributed by atoms with E-state index in [1.807, 2.05) is 25.8 Å². The summed E-state index contributed by atoms with van der Waals surface area (Å²) in [5, 5.41) is 0. The highest BCUT2D eigenvalue weighted by molar-refractivity contribution is 7.71. The number of nitrogens with two attached hydrogens (primary N) is 1. The molecule has 1 aromatic rings. The van der Waals surface area contributed by atoms with Crippen LogP contribution in [0.25, 0.3) is 0 Å². The molecule has 96 valence electrons. The molecule has 0 saturated carbocycles. The molecule has 5 heteroatoms. The second-order valence-electron chi connectivity index (χ2n) is 4.40. The van der Waals surface area contributed by atoms with Gasteiger partial charge in [-0.2, -0.15) is 0 Å². The fraction of sp³-hybridized carbons (Fsp3) is 0.667. The SMILES string of the molecule is CC(C)c1c(N(C)CCOCCN)c(=S)c1=O. The molecule has 0 unspecified atom stereocenters. The smallest absolute Gasteiger partial charge is 0.204 e. The van der Waals surface area contributed by atoms with Gasteiger partial charge >= 0.3 is 0 Å². The van der Waals surface area contributed by atoms with Crippen molar-refractivity contribution in [2.75, 3.05) is 38.3 Å². The van der Waals surface area contributed by atoms with Crippen molar-refractivity contribution in [3.63, 3.8) is 0 Å². The van der Waals surface area contributed by atoms with E-state index < -0.39 is 0 Å². The van der Waals surface area contributed by atoms with Crippen LogP contribution >= 0.6 is 12.2 Å². The lowest BCUT2D eigenvalue weighted by atomic mass is 9.96. The van der Waals surface area contributed by atoms with Crippen molar-refractivity contribution < 1.29 is 4.74 Å². The summed E-state index contributed by atoms with van der Waals surface area (Å²) in [6.07, 6.45) is 0. The van der Waals surface area contributed by atoms with Crippen LogP contribution in [0.1, 0.15) is 25.3 Å². The zero-order valence-corrected chi connectivity index (χ0v) is 11.5. The lowest BCUT2D eigenvalue weighted by Gasteiger charge is -2.25. The third-order valence-electron chi connectivity index (χ3n) is 2.71. The number of rotatable bonds is 7. The third-order valence-corrected chi connectivity index (χ3v) is 3.09. The maximum atomic E-state index is 11.6. The van der Waals surface area contributed by atoms with Crippen LogP contribution in [0.3, 0.4) is 0 Å². The van der Waals surface area contributed by atoms with Gasteiger partial charge in [0.05, 0.1) is 18.9 Å². The molecule has 17 heavy (non-hydrogen) atoms. The molecular weight excluding hydrogens is 236 g/mol. The van der Waals surface area contributed by atoms with E-state index >= 15 is 0 Å². The summed E-state index contributed by atoms with van der Waals surface area (Å²) in [6.45, 7) is 6.42. The Bertz CT molecular complexity index is 436.